The molecule has 4 heteroatoms. The lowest BCUT2D eigenvalue weighted by Gasteiger charge is -2.39. The Morgan fingerprint density at radius 3 is 2.62 bits per heavy atom. The molecule has 0 bridgehead atoms. The zero-order chi connectivity index (χ0) is 18.4. The number of likely N-dealkylation sites (tertiary alicyclic amines) is 1. The van der Waals surface area contributed by atoms with Crippen LogP contribution in [0.3, 0.4) is 0 Å². The molecule has 2 unspecified atom stereocenters. The number of carbonyl (C=O) groups is 1. The van der Waals surface area contributed by atoms with Crippen molar-refractivity contribution < 1.29 is 4.79 Å². The molecule has 2 fully saturated rings. The van der Waals surface area contributed by atoms with Gasteiger partial charge in [0.1, 0.15) is 0 Å². The van der Waals surface area contributed by atoms with E-state index >= 15 is 0 Å². The highest BCUT2D eigenvalue weighted by atomic mass is 16.2. The second kappa shape index (κ2) is 9.52. The van der Waals surface area contributed by atoms with Crippen molar-refractivity contribution in [2.75, 3.05) is 32.7 Å². The number of rotatable bonds is 5. The van der Waals surface area contributed by atoms with E-state index in [9.17, 15) is 4.79 Å². The summed E-state index contributed by atoms with van der Waals surface area (Å²) in [5.74, 6) is 0.355. The molecule has 0 aliphatic carbocycles. The van der Waals surface area contributed by atoms with E-state index < -0.39 is 0 Å². The van der Waals surface area contributed by atoms with Gasteiger partial charge < -0.3 is 4.90 Å². The van der Waals surface area contributed by atoms with Crippen molar-refractivity contribution in [3.8, 4) is 0 Å². The minimum absolute atomic E-state index is 0.0128. The fourth-order valence-corrected chi connectivity index (χ4v) is 4.49. The maximum Gasteiger partial charge on any atom is 0.239 e. The predicted octanol–water partition coefficient (Wildman–Crippen LogP) is 3.37. The van der Waals surface area contributed by atoms with Crippen molar-refractivity contribution in [1.29, 1.82) is 0 Å². The first kappa shape index (κ1) is 19.4. The molecule has 1 amide bonds. The Balaban J connectivity index is 1.55. The Bertz CT molecular complexity index is 562. The van der Waals surface area contributed by atoms with Crippen molar-refractivity contribution in [3.05, 3.63) is 35.9 Å². The number of hydrogen-bond donors (Lipinski definition) is 0. The number of hydrogen-bond acceptors (Lipinski definition) is 3. The normalized spacial score (nSPS) is 24.2. The van der Waals surface area contributed by atoms with Crippen molar-refractivity contribution in [1.82, 2.24) is 14.7 Å². The predicted molar refractivity (Wildman–Crippen MR) is 107 cm³/mol. The van der Waals surface area contributed by atoms with Gasteiger partial charge in [-0.25, -0.2) is 0 Å². The Morgan fingerprint density at radius 1 is 1.04 bits per heavy atom. The van der Waals surface area contributed by atoms with Crippen LogP contribution in [-0.2, 0) is 11.3 Å². The highest BCUT2D eigenvalue weighted by Gasteiger charge is 2.32. The minimum atomic E-state index is 0.0128. The lowest BCUT2D eigenvalue weighted by atomic mass is 9.99. The number of piperidine rings is 1. The van der Waals surface area contributed by atoms with Gasteiger partial charge in [-0.15, -0.1) is 0 Å². The van der Waals surface area contributed by atoms with Crippen LogP contribution >= 0.6 is 0 Å². The average molecular weight is 358 g/mol. The third-order valence-electron chi connectivity index (χ3n) is 6.16. The summed E-state index contributed by atoms with van der Waals surface area (Å²) in [4.78, 5) is 20.2. The fraction of sp³-hybridized carbons (Fsp3) is 0.682. The Kier molecular flexibility index (Phi) is 7.09. The van der Waals surface area contributed by atoms with E-state index in [1.807, 2.05) is 0 Å². The largest absolute Gasteiger partial charge is 0.338 e. The summed E-state index contributed by atoms with van der Waals surface area (Å²) in [6.07, 6.45) is 5.85. The van der Waals surface area contributed by atoms with Crippen LogP contribution in [0.25, 0.3) is 0 Å². The van der Waals surface area contributed by atoms with Gasteiger partial charge in [0, 0.05) is 38.8 Å². The summed E-state index contributed by atoms with van der Waals surface area (Å²) in [5.41, 5.74) is 1.38. The van der Waals surface area contributed by atoms with E-state index in [2.05, 4.69) is 58.9 Å². The van der Waals surface area contributed by atoms with Gasteiger partial charge in [0.05, 0.1) is 6.04 Å². The van der Waals surface area contributed by atoms with Crippen LogP contribution in [0.1, 0.15) is 51.5 Å². The molecule has 2 aliphatic rings. The van der Waals surface area contributed by atoms with Crippen LogP contribution in [0.4, 0.5) is 0 Å². The molecule has 2 aliphatic heterocycles. The summed E-state index contributed by atoms with van der Waals surface area (Å²) in [6, 6.07) is 11.2. The summed E-state index contributed by atoms with van der Waals surface area (Å²) in [6.45, 7) is 10.5. The third-order valence-corrected chi connectivity index (χ3v) is 6.16. The molecule has 0 N–H and O–H groups in total. The van der Waals surface area contributed by atoms with E-state index in [-0.39, 0.29) is 6.04 Å². The molecule has 0 radical (unpaired) electrons. The van der Waals surface area contributed by atoms with Gasteiger partial charge >= 0.3 is 0 Å². The molecule has 144 valence electrons. The quantitative estimate of drug-likeness (QED) is 0.808. The average Bonchev–Trinajstić information content (AvgIpc) is 2.93. The summed E-state index contributed by atoms with van der Waals surface area (Å²) in [5, 5.41) is 0. The Labute approximate surface area is 159 Å². The lowest BCUT2D eigenvalue weighted by Crippen LogP contribution is -2.52. The third kappa shape index (κ3) is 4.86. The Morgan fingerprint density at radius 2 is 1.85 bits per heavy atom. The maximum atomic E-state index is 13.1. The zero-order valence-electron chi connectivity index (χ0n) is 16.6. The van der Waals surface area contributed by atoms with Crippen molar-refractivity contribution in [2.45, 2.75) is 64.6 Å². The molecule has 1 aromatic rings. The van der Waals surface area contributed by atoms with Gasteiger partial charge in [-0.05, 0) is 51.1 Å². The lowest BCUT2D eigenvalue weighted by molar-refractivity contribution is -0.140. The molecule has 26 heavy (non-hydrogen) atoms. The smallest absolute Gasteiger partial charge is 0.239 e. The van der Waals surface area contributed by atoms with Crippen LogP contribution in [0, 0.1) is 0 Å². The number of carbonyl (C=O) groups excluding carboxylic acids is 1. The minimum Gasteiger partial charge on any atom is -0.338 e. The first-order chi connectivity index (χ1) is 12.7. The molecule has 0 spiro atoms. The van der Waals surface area contributed by atoms with E-state index in [0.717, 1.165) is 52.1 Å². The van der Waals surface area contributed by atoms with Crippen LogP contribution in [0.2, 0.25) is 0 Å². The summed E-state index contributed by atoms with van der Waals surface area (Å²) < 4.78 is 0. The first-order valence-electron chi connectivity index (χ1n) is 10.5. The molecule has 2 atom stereocenters. The van der Waals surface area contributed by atoms with E-state index in [1.165, 1.54) is 24.8 Å². The molecular weight excluding hydrogens is 322 g/mol. The van der Waals surface area contributed by atoms with E-state index in [0.29, 0.717) is 11.9 Å². The first-order valence-corrected chi connectivity index (χ1v) is 10.5. The van der Waals surface area contributed by atoms with Crippen molar-refractivity contribution in [2.24, 2.45) is 0 Å². The second-order valence-electron chi connectivity index (χ2n) is 7.92. The highest BCUT2D eigenvalue weighted by Crippen LogP contribution is 2.22. The van der Waals surface area contributed by atoms with Gasteiger partial charge in [-0.1, -0.05) is 37.3 Å². The molecule has 2 heterocycles. The standard InChI is InChI=1S/C22H35N3O/c1-3-21-12-7-8-15-25(21)22(26)19(2)24-14-9-13-23(16-17-24)18-20-10-5-4-6-11-20/h4-6,10-11,19,21H,3,7-9,12-18H2,1-2H3. The van der Waals surface area contributed by atoms with Gasteiger partial charge in [0.25, 0.3) is 0 Å². The number of nitrogens with zero attached hydrogens (tertiary/aromatic N) is 3. The van der Waals surface area contributed by atoms with Crippen LogP contribution in [0.15, 0.2) is 30.3 Å². The van der Waals surface area contributed by atoms with E-state index in [1.54, 1.807) is 0 Å². The van der Waals surface area contributed by atoms with Gasteiger partial charge in [0.15, 0.2) is 0 Å². The molecule has 4 nitrogen and oxygen atoms in total. The van der Waals surface area contributed by atoms with Crippen LogP contribution < -0.4 is 0 Å². The number of benzene rings is 1. The SMILES string of the molecule is CCC1CCCCN1C(=O)C(C)N1CCCN(Cc2ccccc2)CC1. The number of amides is 1. The Hall–Kier alpha value is -1.39. The second-order valence-corrected chi connectivity index (χ2v) is 7.92. The zero-order valence-corrected chi connectivity index (χ0v) is 16.6. The molecule has 3 rings (SSSR count). The molecule has 2 saturated heterocycles. The van der Waals surface area contributed by atoms with Gasteiger partial charge in [-0.3, -0.25) is 14.6 Å². The molecular formula is C22H35N3O. The monoisotopic (exact) mass is 357 g/mol. The maximum absolute atomic E-state index is 13.1. The molecule has 0 aromatic heterocycles. The molecule has 0 saturated carbocycles. The fourth-order valence-electron chi connectivity index (χ4n) is 4.49. The van der Waals surface area contributed by atoms with Crippen LogP contribution in [0.5, 0.6) is 0 Å². The topological polar surface area (TPSA) is 26.8 Å². The van der Waals surface area contributed by atoms with Crippen molar-refractivity contribution in [3.63, 3.8) is 0 Å². The van der Waals surface area contributed by atoms with E-state index in [4.69, 9.17) is 0 Å². The summed E-state index contributed by atoms with van der Waals surface area (Å²) >= 11 is 0. The molecule has 1 aromatic carbocycles. The van der Waals surface area contributed by atoms with Crippen LogP contribution in [-0.4, -0.2) is 65.4 Å². The van der Waals surface area contributed by atoms with Gasteiger partial charge in [0.2, 0.25) is 5.91 Å². The summed E-state index contributed by atoms with van der Waals surface area (Å²) in [7, 11) is 0. The highest BCUT2D eigenvalue weighted by molar-refractivity contribution is 5.82. The van der Waals surface area contributed by atoms with Crippen molar-refractivity contribution >= 4 is 5.91 Å². The van der Waals surface area contributed by atoms with Gasteiger partial charge in [-0.2, -0.15) is 0 Å².